The average Bonchev–Trinajstić information content (AvgIpc) is 2.73. The number of aromatic nitrogens is 3. The topological polar surface area (TPSA) is 78.4 Å². The van der Waals surface area contributed by atoms with Crippen LogP contribution in [-0.4, -0.2) is 43.1 Å². The minimum Gasteiger partial charge on any atom is -0.497 e. The van der Waals surface area contributed by atoms with Gasteiger partial charge in [-0.25, -0.2) is 4.98 Å². The second kappa shape index (κ2) is 8.84. The molecule has 7 heteroatoms. The Morgan fingerprint density at radius 1 is 0.926 bits per heavy atom. The third-order valence-electron chi connectivity index (χ3n) is 4.07. The summed E-state index contributed by atoms with van der Waals surface area (Å²) in [5, 5.41) is 11.3. The Hall–Kier alpha value is -3.35. The van der Waals surface area contributed by atoms with Crippen LogP contribution in [0.3, 0.4) is 0 Å². The van der Waals surface area contributed by atoms with E-state index in [1.807, 2.05) is 36.4 Å². The molecule has 0 fully saturated rings. The average molecular weight is 366 g/mol. The normalized spacial score (nSPS) is 10.3. The van der Waals surface area contributed by atoms with Gasteiger partial charge in [-0.1, -0.05) is 18.2 Å². The summed E-state index contributed by atoms with van der Waals surface area (Å²) in [4.78, 5) is 4.56. The molecule has 3 rings (SSSR count). The summed E-state index contributed by atoms with van der Waals surface area (Å²) >= 11 is 0. The summed E-state index contributed by atoms with van der Waals surface area (Å²) in [7, 11) is 4.88. The van der Waals surface area contributed by atoms with Gasteiger partial charge in [0.25, 0.3) is 0 Å². The first kappa shape index (κ1) is 18.4. The molecular formula is C20H22N4O3. The maximum atomic E-state index is 5.44. The van der Waals surface area contributed by atoms with Crippen molar-refractivity contribution in [1.29, 1.82) is 0 Å². The third kappa shape index (κ3) is 4.44. The summed E-state index contributed by atoms with van der Waals surface area (Å²) < 4.78 is 16.1. The van der Waals surface area contributed by atoms with Gasteiger partial charge in [-0.2, -0.15) is 5.10 Å². The lowest BCUT2D eigenvalue weighted by Gasteiger charge is -2.12. The van der Waals surface area contributed by atoms with Gasteiger partial charge in [0.2, 0.25) is 5.95 Å². The Kier molecular flexibility index (Phi) is 6.04. The lowest BCUT2D eigenvalue weighted by Crippen LogP contribution is -2.09. The van der Waals surface area contributed by atoms with Crippen LogP contribution >= 0.6 is 0 Å². The minimum absolute atomic E-state index is 0.448. The fourth-order valence-electron chi connectivity index (χ4n) is 2.75. The van der Waals surface area contributed by atoms with Crippen LogP contribution in [0, 0.1) is 0 Å². The van der Waals surface area contributed by atoms with Gasteiger partial charge in [0, 0.05) is 6.54 Å². The number of hydrogen-bond acceptors (Lipinski definition) is 7. The zero-order valence-electron chi connectivity index (χ0n) is 15.6. The zero-order valence-corrected chi connectivity index (χ0v) is 15.6. The summed E-state index contributed by atoms with van der Waals surface area (Å²) in [6.07, 6.45) is 2.40. The predicted octanol–water partition coefficient (Wildman–Crippen LogP) is 3.22. The Labute approximate surface area is 158 Å². The number of nitrogens with one attached hydrogen (secondary N) is 1. The maximum absolute atomic E-state index is 5.44. The van der Waals surface area contributed by atoms with E-state index < -0.39 is 0 Å². The monoisotopic (exact) mass is 366 g/mol. The van der Waals surface area contributed by atoms with Crippen molar-refractivity contribution in [2.75, 3.05) is 33.2 Å². The summed E-state index contributed by atoms with van der Waals surface area (Å²) in [6.45, 7) is 0.668. The van der Waals surface area contributed by atoms with Crippen molar-refractivity contribution >= 4 is 5.95 Å². The highest BCUT2D eigenvalue weighted by Gasteiger charge is 2.15. The number of nitrogens with zero attached hydrogens (tertiary/aromatic N) is 3. The molecule has 0 saturated heterocycles. The summed E-state index contributed by atoms with van der Waals surface area (Å²) in [6, 6.07) is 13.5. The molecule has 0 saturated carbocycles. The largest absolute Gasteiger partial charge is 0.497 e. The smallest absolute Gasteiger partial charge is 0.243 e. The van der Waals surface area contributed by atoms with Crippen molar-refractivity contribution in [3.63, 3.8) is 0 Å². The van der Waals surface area contributed by atoms with Crippen LogP contribution in [0.5, 0.6) is 17.2 Å². The molecule has 1 N–H and O–H groups in total. The fourth-order valence-corrected chi connectivity index (χ4v) is 2.75. The van der Waals surface area contributed by atoms with Gasteiger partial charge in [0.05, 0.1) is 33.1 Å². The molecule has 0 spiro atoms. The SMILES string of the molecule is COc1cccc(CCNc2nncc(-c3c(OC)cccc3OC)n2)c1. The van der Waals surface area contributed by atoms with Gasteiger partial charge in [-0.3, -0.25) is 0 Å². The molecule has 0 unspecified atom stereocenters. The van der Waals surface area contributed by atoms with Gasteiger partial charge in [0.1, 0.15) is 22.9 Å². The van der Waals surface area contributed by atoms with E-state index in [1.165, 1.54) is 0 Å². The van der Waals surface area contributed by atoms with Crippen molar-refractivity contribution in [2.24, 2.45) is 0 Å². The van der Waals surface area contributed by atoms with Crippen molar-refractivity contribution in [1.82, 2.24) is 15.2 Å². The molecule has 7 nitrogen and oxygen atoms in total. The lowest BCUT2D eigenvalue weighted by molar-refractivity contribution is 0.397. The molecular weight excluding hydrogens is 344 g/mol. The van der Waals surface area contributed by atoms with E-state index in [0.717, 1.165) is 23.3 Å². The number of benzene rings is 2. The van der Waals surface area contributed by atoms with E-state index in [9.17, 15) is 0 Å². The number of ether oxygens (including phenoxy) is 3. The predicted molar refractivity (Wildman–Crippen MR) is 104 cm³/mol. The minimum atomic E-state index is 0.448. The molecule has 1 heterocycles. The molecule has 2 aromatic carbocycles. The van der Waals surface area contributed by atoms with Crippen LogP contribution < -0.4 is 19.5 Å². The molecule has 0 aliphatic heterocycles. The van der Waals surface area contributed by atoms with E-state index in [4.69, 9.17) is 14.2 Å². The Morgan fingerprint density at radius 2 is 1.67 bits per heavy atom. The van der Waals surface area contributed by atoms with Gasteiger partial charge >= 0.3 is 0 Å². The van der Waals surface area contributed by atoms with Crippen LogP contribution in [0.25, 0.3) is 11.3 Å². The third-order valence-corrected chi connectivity index (χ3v) is 4.07. The molecule has 1 aromatic heterocycles. The van der Waals surface area contributed by atoms with Crippen molar-refractivity contribution in [3.05, 3.63) is 54.2 Å². The fraction of sp³-hybridized carbons (Fsp3) is 0.250. The van der Waals surface area contributed by atoms with E-state index in [-0.39, 0.29) is 0 Å². The van der Waals surface area contributed by atoms with Crippen LogP contribution in [0.1, 0.15) is 5.56 Å². The maximum Gasteiger partial charge on any atom is 0.243 e. The molecule has 0 radical (unpaired) electrons. The Morgan fingerprint density at radius 3 is 2.37 bits per heavy atom. The van der Waals surface area contributed by atoms with Gasteiger partial charge < -0.3 is 19.5 Å². The molecule has 140 valence electrons. The van der Waals surface area contributed by atoms with E-state index in [2.05, 4.69) is 26.6 Å². The van der Waals surface area contributed by atoms with E-state index in [0.29, 0.717) is 29.7 Å². The number of anilines is 1. The Bertz CT molecular complexity index is 880. The standard InChI is InChI=1S/C20H22N4O3/c1-25-15-7-4-6-14(12-15)10-11-21-20-23-16(13-22-24-20)19-17(26-2)8-5-9-18(19)27-3/h4-9,12-13H,10-11H2,1-3H3,(H,21,23,24). The zero-order chi connectivity index (χ0) is 19.1. The van der Waals surface area contributed by atoms with Crippen LogP contribution in [0.2, 0.25) is 0 Å². The highest BCUT2D eigenvalue weighted by molar-refractivity contribution is 5.74. The molecule has 0 aliphatic carbocycles. The molecule has 0 aliphatic rings. The Balaban J connectivity index is 1.75. The second-order valence-corrected chi connectivity index (χ2v) is 5.73. The van der Waals surface area contributed by atoms with Crippen molar-refractivity contribution in [3.8, 4) is 28.5 Å². The quantitative estimate of drug-likeness (QED) is 0.656. The van der Waals surface area contributed by atoms with Crippen LogP contribution in [0.4, 0.5) is 5.95 Å². The van der Waals surface area contributed by atoms with Gasteiger partial charge in [-0.15, -0.1) is 5.10 Å². The second-order valence-electron chi connectivity index (χ2n) is 5.73. The van der Waals surface area contributed by atoms with E-state index >= 15 is 0 Å². The number of hydrogen-bond donors (Lipinski definition) is 1. The molecule has 0 amide bonds. The van der Waals surface area contributed by atoms with Crippen molar-refractivity contribution in [2.45, 2.75) is 6.42 Å². The highest BCUT2D eigenvalue weighted by atomic mass is 16.5. The highest BCUT2D eigenvalue weighted by Crippen LogP contribution is 2.36. The number of methoxy groups -OCH3 is 3. The molecule has 27 heavy (non-hydrogen) atoms. The number of rotatable bonds is 8. The first-order chi connectivity index (χ1) is 13.2. The summed E-state index contributed by atoms with van der Waals surface area (Å²) in [5.41, 5.74) is 2.54. The van der Waals surface area contributed by atoms with Crippen molar-refractivity contribution < 1.29 is 14.2 Å². The molecule has 3 aromatic rings. The first-order valence-corrected chi connectivity index (χ1v) is 8.53. The molecule has 0 bridgehead atoms. The summed E-state index contributed by atoms with van der Waals surface area (Å²) in [5.74, 6) is 2.62. The van der Waals surface area contributed by atoms with Crippen LogP contribution in [0.15, 0.2) is 48.7 Å². The molecule has 0 atom stereocenters. The van der Waals surface area contributed by atoms with E-state index in [1.54, 1.807) is 27.5 Å². The van der Waals surface area contributed by atoms with Gasteiger partial charge in [-0.05, 0) is 36.2 Å². The van der Waals surface area contributed by atoms with Crippen LogP contribution in [-0.2, 0) is 6.42 Å². The first-order valence-electron chi connectivity index (χ1n) is 8.53. The van der Waals surface area contributed by atoms with Gasteiger partial charge in [0.15, 0.2) is 0 Å². The lowest BCUT2D eigenvalue weighted by atomic mass is 10.1.